The molecule has 2 heteroatoms. The van der Waals surface area contributed by atoms with Crippen LogP contribution in [0.2, 0.25) is 0 Å². The molecule has 0 amide bonds. The summed E-state index contributed by atoms with van der Waals surface area (Å²) < 4.78 is 0. The summed E-state index contributed by atoms with van der Waals surface area (Å²) in [6.45, 7) is 9.64. The molecule has 0 aromatic heterocycles. The Hall–Kier alpha value is -0.860. The predicted molar refractivity (Wildman–Crippen MR) is 79.7 cm³/mol. The molecule has 0 aliphatic rings. The topological polar surface area (TPSA) is 29.3 Å². The van der Waals surface area contributed by atoms with Crippen molar-refractivity contribution in [2.24, 2.45) is 11.7 Å². The molecule has 0 bridgehead atoms. The van der Waals surface area contributed by atoms with Gasteiger partial charge in [-0.05, 0) is 36.6 Å². The fourth-order valence-corrected chi connectivity index (χ4v) is 2.13. The molecule has 0 saturated carbocycles. The molecule has 2 unspecified atom stereocenters. The Morgan fingerprint density at radius 1 is 1.17 bits per heavy atom. The third-order valence-corrected chi connectivity index (χ3v) is 3.68. The van der Waals surface area contributed by atoms with Crippen molar-refractivity contribution in [3.8, 4) is 0 Å². The lowest BCUT2D eigenvalue weighted by atomic mass is 10.00. The highest BCUT2D eigenvalue weighted by Crippen LogP contribution is 2.15. The van der Waals surface area contributed by atoms with E-state index < -0.39 is 0 Å². The zero-order chi connectivity index (χ0) is 13.5. The van der Waals surface area contributed by atoms with Crippen molar-refractivity contribution >= 4 is 0 Å². The van der Waals surface area contributed by atoms with Gasteiger partial charge in [-0.3, -0.25) is 0 Å². The Kier molecular flexibility index (Phi) is 6.37. The van der Waals surface area contributed by atoms with Gasteiger partial charge in [0.2, 0.25) is 0 Å². The van der Waals surface area contributed by atoms with Crippen LogP contribution in [0.15, 0.2) is 24.3 Å². The monoisotopic (exact) mass is 248 g/mol. The summed E-state index contributed by atoms with van der Waals surface area (Å²) in [4.78, 5) is 2.40. The Labute approximate surface area is 112 Å². The van der Waals surface area contributed by atoms with Crippen molar-refractivity contribution in [2.75, 3.05) is 20.1 Å². The second kappa shape index (κ2) is 7.55. The summed E-state index contributed by atoms with van der Waals surface area (Å²) >= 11 is 0. The fraction of sp³-hybridized carbons (Fsp3) is 0.625. The molecule has 1 aromatic carbocycles. The molecule has 18 heavy (non-hydrogen) atoms. The molecule has 0 aliphatic heterocycles. The van der Waals surface area contributed by atoms with Crippen molar-refractivity contribution in [1.82, 2.24) is 4.90 Å². The van der Waals surface area contributed by atoms with E-state index in [2.05, 4.69) is 57.0 Å². The first-order valence-corrected chi connectivity index (χ1v) is 7.04. The second-order valence-electron chi connectivity index (χ2n) is 5.59. The summed E-state index contributed by atoms with van der Waals surface area (Å²) in [5.74, 6) is 1.23. The normalized spacial score (nSPS) is 14.8. The van der Waals surface area contributed by atoms with Gasteiger partial charge in [0.25, 0.3) is 0 Å². The molecular weight excluding hydrogens is 220 g/mol. The van der Waals surface area contributed by atoms with Gasteiger partial charge in [-0.1, -0.05) is 51.5 Å². The quantitative estimate of drug-likeness (QED) is 0.802. The van der Waals surface area contributed by atoms with Crippen molar-refractivity contribution < 1.29 is 0 Å². The molecule has 0 aliphatic carbocycles. The van der Waals surface area contributed by atoms with E-state index in [0.717, 1.165) is 19.0 Å². The molecule has 1 rings (SSSR count). The van der Waals surface area contributed by atoms with Gasteiger partial charge in [-0.2, -0.15) is 0 Å². The van der Waals surface area contributed by atoms with E-state index in [1.807, 2.05) is 0 Å². The van der Waals surface area contributed by atoms with E-state index in [1.165, 1.54) is 17.5 Å². The lowest BCUT2D eigenvalue weighted by Crippen LogP contribution is -2.23. The molecule has 0 fully saturated rings. The lowest BCUT2D eigenvalue weighted by Gasteiger charge is -2.20. The first kappa shape index (κ1) is 15.2. The molecule has 1 aromatic rings. The van der Waals surface area contributed by atoms with Gasteiger partial charge in [-0.15, -0.1) is 0 Å². The van der Waals surface area contributed by atoms with Crippen LogP contribution in [0.3, 0.4) is 0 Å². The molecular formula is C16H28N2. The average molecular weight is 248 g/mol. The summed E-state index contributed by atoms with van der Waals surface area (Å²) in [5.41, 5.74) is 8.41. The predicted octanol–water partition coefficient (Wildman–Crippen LogP) is 3.23. The third-order valence-electron chi connectivity index (χ3n) is 3.68. The molecule has 2 atom stereocenters. The molecule has 0 radical (unpaired) electrons. The highest BCUT2D eigenvalue weighted by atomic mass is 15.1. The van der Waals surface area contributed by atoms with Crippen LogP contribution in [0.4, 0.5) is 0 Å². The lowest BCUT2D eigenvalue weighted by molar-refractivity contribution is 0.275. The smallest absolute Gasteiger partial charge is 0.0230 e. The summed E-state index contributed by atoms with van der Waals surface area (Å²) in [6.07, 6.45) is 1.25. The Balaban J connectivity index is 2.53. The third kappa shape index (κ3) is 4.79. The van der Waals surface area contributed by atoms with E-state index in [0.29, 0.717) is 12.5 Å². The van der Waals surface area contributed by atoms with Crippen LogP contribution in [0.25, 0.3) is 0 Å². The summed E-state index contributed by atoms with van der Waals surface area (Å²) in [7, 11) is 2.20. The van der Waals surface area contributed by atoms with Gasteiger partial charge < -0.3 is 10.6 Å². The number of benzene rings is 1. The van der Waals surface area contributed by atoms with E-state index >= 15 is 0 Å². The summed E-state index contributed by atoms with van der Waals surface area (Å²) in [5, 5.41) is 0. The van der Waals surface area contributed by atoms with Crippen LogP contribution in [-0.2, 0) is 6.54 Å². The highest BCUT2D eigenvalue weighted by molar-refractivity contribution is 5.25. The van der Waals surface area contributed by atoms with Gasteiger partial charge in [0.1, 0.15) is 0 Å². The van der Waals surface area contributed by atoms with Crippen LogP contribution < -0.4 is 5.73 Å². The molecule has 0 saturated heterocycles. The molecule has 0 spiro atoms. The first-order chi connectivity index (χ1) is 8.56. The number of nitrogens with zero attached hydrogens (tertiary/aromatic N) is 1. The maximum atomic E-state index is 5.68. The summed E-state index contributed by atoms with van der Waals surface area (Å²) in [6, 6.07) is 8.89. The minimum atomic E-state index is 0.455. The highest BCUT2D eigenvalue weighted by Gasteiger charge is 2.06. The van der Waals surface area contributed by atoms with Crippen molar-refractivity contribution in [3.05, 3.63) is 35.4 Å². The van der Waals surface area contributed by atoms with Crippen molar-refractivity contribution in [2.45, 2.75) is 39.7 Å². The number of rotatable bonds is 7. The standard InChI is InChI=1S/C16H28N2/c1-5-13(2)11-18(4)12-15-6-8-16(9-7-15)14(3)10-17/h6-9,13-14H,5,10-12,17H2,1-4H3. The van der Waals surface area contributed by atoms with Gasteiger partial charge in [0.15, 0.2) is 0 Å². The van der Waals surface area contributed by atoms with Gasteiger partial charge in [0, 0.05) is 13.1 Å². The zero-order valence-electron chi connectivity index (χ0n) is 12.3. The van der Waals surface area contributed by atoms with Crippen LogP contribution >= 0.6 is 0 Å². The van der Waals surface area contributed by atoms with Gasteiger partial charge >= 0.3 is 0 Å². The molecule has 2 N–H and O–H groups in total. The van der Waals surface area contributed by atoms with E-state index in [1.54, 1.807) is 0 Å². The number of nitrogens with two attached hydrogens (primary N) is 1. The maximum Gasteiger partial charge on any atom is 0.0230 e. The Morgan fingerprint density at radius 2 is 1.78 bits per heavy atom. The van der Waals surface area contributed by atoms with Crippen molar-refractivity contribution in [3.63, 3.8) is 0 Å². The van der Waals surface area contributed by atoms with E-state index in [-0.39, 0.29) is 0 Å². The van der Waals surface area contributed by atoms with Gasteiger partial charge in [-0.25, -0.2) is 0 Å². The van der Waals surface area contributed by atoms with Gasteiger partial charge in [0.05, 0.1) is 0 Å². The Morgan fingerprint density at radius 3 is 2.28 bits per heavy atom. The largest absolute Gasteiger partial charge is 0.330 e. The minimum Gasteiger partial charge on any atom is -0.330 e. The molecule has 0 heterocycles. The van der Waals surface area contributed by atoms with E-state index in [9.17, 15) is 0 Å². The van der Waals surface area contributed by atoms with Crippen LogP contribution in [0.5, 0.6) is 0 Å². The average Bonchev–Trinajstić information content (AvgIpc) is 2.38. The maximum absolute atomic E-state index is 5.68. The molecule has 102 valence electrons. The first-order valence-electron chi connectivity index (χ1n) is 7.04. The van der Waals surface area contributed by atoms with Crippen molar-refractivity contribution in [1.29, 1.82) is 0 Å². The molecule has 2 nitrogen and oxygen atoms in total. The second-order valence-corrected chi connectivity index (χ2v) is 5.59. The zero-order valence-corrected chi connectivity index (χ0v) is 12.3. The van der Waals surface area contributed by atoms with Crippen LogP contribution in [-0.4, -0.2) is 25.0 Å². The van der Waals surface area contributed by atoms with Crippen LogP contribution in [0, 0.1) is 5.92 Å². The fourth-order valence-electron chi connectivity index (χ4n) is 2.13. The minimum absolute atomic E-state index is 0.455. The Bertz CT molecular complexity index is 331. The SMILES string of the molecule is CCC(C)CN(C)Cc1ccc(C(C)CN)cc1. The number of hydrogen-bond acceptors (Lipinski definition) is 2. The van der Waals surface area contributed by atoms with E-state index in [4.69, 9.17) is 5.73 Å². The van der Waals surface area contributed by atoms with Crippen LogP contribution in [0.1, 0.15) is 44.2 Å². The number of hydrogen-bond donors (Lipinski definition) is 1.